The van der Waals surface area contributed by atoms with Gasteiger partial charge in [-0.25, -0.2) is 0 Å². The molecule has 19 heavy (non-hydrogen) atoms. The van der Waals surface area contributed by atoms with Crippen molar-refractivity contribution in [2.75, 3.05) is 0 Å². The third-order valence-corrected chi connectivity index (χ3v) is 3.83. The molecule has 1 aliphatic rings. The number of fused-ring (bicyclic) bond motifs is 3. The Morgan fingerprint density at radius 3 is 2.89 bits per heavy atom. The van der Waals surface area contributed by atoms with E-state index in [9.17, 15) is 0 Å². The molecule has 0 aliphatic heterocycles. The van der Waals surface area contributed by atoms with E-state index in [1.165, 1.54) is 16.7 Å². The van der Waals surface area contributed by atoms with E-state index >= 15 is 0 Å². The molecule has 4 heteroatoms. The van der Waals surface area contributed by atoms with Crippen LogP contribution in [0.1, 0.15) is 37.6 Å². The molecule has 0 spiro atoms. The van der Waals surface area contributed by atoms with Crippen LogP contribution in [0.15, 0.2) is 27.2 Å². The fourth-order valence-corrected chi connectivity index (χ4v) is 2.75. The first-order valence-corrected chi connectivity index (χ1v) is 7.24. The third-order valence-electron chi connectivity index (χ3n) is 3.33. The summed E-state index contributed by atoms with van der Waals surface area (Å²) in [6.07, 6.45) is 0.911. The number of nitrogens with zero attached hydrogens (tertiary/aromatic N) is 1. The third kappa shape index (κ3) is 2.47. The van der Waals surface area contributed by atoms with Gasteiger partial charge in [0.2, 0.25) is 0 Å². The second kappa shape index (κ2) is 4.46. The van der Waals surface area contributed by atoms with Crippen molar-refractivity contribution in [3.63, 3.8) is 0 Å². The van der Waals surface area contributed by atoms with E-state index in [0.29, 0.717) is 0 Å². The van der Waals surface area contributed by atoms with E-state index in [0.717, 1.165) is 28.9 Å². The molecule has 0 fully saturated rings. The molecule has 0 amide bonds. The first kappa shape index (κ1) is 12.9. The summed E-state index contributed by atoms with van der Waals surface area (Å²) < 4.78 is 6.64. The van der Waals surface area contributed by atoms with Crippen LogP contribution in [0, 0.1) is 0 Å². The Labute approximate surface area is 121 Å². The minimum atomic E-state index is 0.0836. The van der Waals surface area contributed by atoms with E-state index < -0.39 is 0 Å². The Kier molecular flexibility index (Phi) is 3.02. The minimum Gasteiger partial charge on any atom is -0.356 e. The smallest absolute Gasteiger partial charge is 0.170 e. The van der Waals surface area contributed by atoms with Crippen molar-refractivity contribution in [2.45, 2.75) is 39.3 Å². The lowest BCUT2D eigenvalue weighted by Gasteiger charge is -2.19. The van der Waals surface area contributed by atoms with Crippen molar-refractivity contribution in [3.05, 3.63) is 39.5 Å². The van der Waals surface area contributed by atoms with Crippen molar-refractivity contribution in [3.8, 4) is 11.3 Å². The summed E-state index contributed by atoms with van der Waals surface area (Å²) in [5.74, 6) is 0.938. The highest BCUT2D eigenvalue weighted by molar-refractivity contribution is 9.10. The zero-order chi connectivity index (χ0) is 13.6. The molecule has 0 atom stereocenters. The monoisotopic (exact) mass is 320 g/mol. The first-order valence-electron chi connectivity index (χ1n) is 6.45. The van der Waals surface area contributed by atoms with Crippen molar-refractivity contribution < 1.29 is 4.52 Å². The van der Waals surface area contributed by atoms with Gasteiger partial charge in [-0.2, -0.15) is 0 Å². The average molecular weight is 321 g/mol. The molecule has 3 rings (SSSR count). The summed E-state index contributed by atoms with van der Waals surface area (Å²) in [4.78, 5) is 0. The van der Waals surface area contributed by atoms with Crippen LogP contribution in [-0.2, 0) is 13.0 Å². The lowest BCUT2D eigenvalue weighted by atomic mass is 10.1. The number of hydrogen-bond acceptors (Lipinski definition) is 3. The number of halogens is 1. The number of hydrogen-bond donors (Lipinski definition) is 1. The van der Waals surface area contributed by atoms with Crippen LogP contribution < -0.4 is 5.32 Å². The number of nitrogens with one attached hydrogen (secondary N) is 1. The van der Waals surface area contributed by atoms with Crippen molar-refractivity contribution in [1.29, 1.82) is 0 Å². The molecule has 1 aromatic heterocycles. The normalized spacial score (nSPS) is 13.5. The number of rotatable bonds is 2. The zero-order valence-electron chi connectivity index (χ0n) is 11.4. The maximum absolute atomic E-state index is 5.53. The second-order valence-electron chi connectivity index (χ2n) is 6.02. The topological polar surface area (TPSA) is 38.1 Å². The molecule has 0 saturated heterocycles. The largest absolute Gasteiger partial charge is 0.356 e. The van der Waals surface area contributed by atoms with Crippen molar-refractivity contribution in [2.24, 2.45) is 0 Å². The van der Waals surface area contributed by atoms with Crippen LogP contribution in [-0.4, -0.2) is 10.7 Å². The Balaban J connectivity index is 1.89. The predicted octanol–water partition coefficient (Wildman–Crippen LogP) is 3.90. The highest BCUT2D eigenvalue weighted by Gasteiger charge is 2.27. The molecular weight excluding hydrogens is 304 g/mol. The Hall–Kier alpha value is -1.13. The maximum Gasteiger partial charge on any atom is 0.170 e. The van der Waals surface area contributed by atoms with Gasteiger partial charge in [-0.3, -0.25) is 0 Å². The summed E-state index contributed by atoms with van der Waals surface area (Å²) in [6.45, 7) is 7.20. The minimum absolute atomic E-state index is 0.0836. The van der Waals surface area contributed by atoms with Gasteiger partial charge in [-0.05, 0) is 44.5 Å². The van der Waals surface area contributed by atoms with E-state index in [1.54, 1.807) is 0 Å². The van der Waals surface area contributed by atoms with Gasteiger partial charge in [-0.15, -0.1) is 0 Å². The summed E-state index contributed by atoms with van der Waals surface area (Å²) in [6, 6.07) is 6.30. The van der Waals surface area contributed by atoms with Crippen LogP contribution in [0.5, 0.6) is 0 Å². The van der Waals surface area contributed by atoms with Gasteiger partial charge in [0.05, 0.1) is 0 Å². The molecule has 1 heterocycles. The summed E-state index contributed by atoms with van der Waals surface area (Å²) in [5.41, 5.74) is 4.82. The molecular formula is C15H17BrN2O. The molecule has 2 aromatic rings. The van der Waals surface area contributed by atoms with Crippen molar-refractivity contribution in [1.82, 2.24) is 10.5 Å². The first-order chi connectivity index (χ1) is 8.94. The lowest BCUT2D eigenvalue weighted by molar-refractivity contribution is 0.392. The van der Waals surface area contributed by atoms with Crippen LogP contribution in [0.2, 0.25) is 0 Å². The fourth-order valence-electron chi connectivity index (χ4n) is 2.34. The van der Waals surface area contributed by atoms with Gasteiger partial charge in [0.25, 0.3) is 0 Å². The van der Waals surface area contributed by atoms with Crippen LogP contribution in [0.25, 0.3) is 11.3 Å². The molecule has 1 N–H and O–H groups in total. The van der Waals surface area contributed by atoms with Crippen LogP contribution >= 0.6 is 15.9 Å². The molecule has 1 aromatic carbocycles. The fraction of sp³-hybridized carbons (Fsp3) is 0.400. The van der Waals surface area contributed by atoms with Gasteiger partial charge in [0.1, 0.15) is 5.69 Å². The second-order valence-corrected chi connectivity index (χ2v) is 6.93. The van der Waals surface area contributed by atoms with E-state index in [-0.39, 0.29) is 5.54 Å². The number of benzene rings is 1. The molecule has 0 unspecified atom stereocenters. The molecule has 0 radical (unpaired) electrons. The molecule has 0 saturated carbocycles. The van der Waals surface area contributed by atoms with Crippen molar-refractivity contribution >= 4 is 15.9 Å². The Bertz CT molecular complexity index is 626. The summed E-state index contributed by atoms with van der Waals surface area (Å²) in [5, 5.41) is 7.67. The summed E-state index contributed by atoms with van der Waals surface area (Å²) in [7, 11) is 0. The average Bonchev–Trinajstić information content (AvgIpc) is 2.83. The summed E-state index contributed by atoms with van der Waals surface area (Å²) >= 11 is 3.51. The highest BCUT2D eigenvalue weighted by atomic mass is 79.9. The predicted molar refractivity (Wildman–Crippen MR) is 79.0 cm³/mol. The lowest BCUT2D eigenvalue weighted by Crippen LogP contribution is -2.35. The van der Waals surface area contributed by atoms with Crippen LogP contribution in [0.4, 0.5) is 0 Å². The van der Waals surface area contributed by atoms with Gasteiger partial charge in [-0.1, -0.05) is 21.1 Å². The zero-order valence-corrected chi connectivity index (χ0v) is 13.0. The quantitative estimate of drug-likeness (QED) is 0.778. The SMILES string of the molecule is CC(C)(C)NCc1noc2c1Cc1cc(Br)ccc1-2. The van der Waals surface area contributed by atoms with Gasteiger partial charge < -0.3 is 9.84 Å². The maximum atomic E-state index is 5.53. The highest BCUT2D eigenvalue weighted by Crippen LogP contribution is 2.39. The Morgan fingerprint density at radius 1 is 1.37 bits per heavy atom. The molecule has 1 aliphatic carbocycles. The Morgan fingerprint density at radius 2 is 2.16 bits per heavy atom. The van der Waals surface area contributed by atoms with Gasteiger partial charge in [0.15, 0.2) is 5.76 Å². The van der Waals surface area contributed by atoms with E-state index in [4.69, 9.17) is 4.52 Å². The van der Waals surface area contributed by atoms with E-state index in [2.05, 4.69) is 59.3 Å². The van der Waals surface area contributed by atoms with Gasteiger partial charge in [0, 0.05) is 34.1 Å². The van der Waals surface area contributed by atoms with Gasteiger partial charge >= 0.3 is 0 Å². The molecule has 0 bridgehead atoms. The number of aromatic nitrogens is 1. The van der Waals surface area contributed by atoms with Crippen LogP contribution in [0.3, 0.4) is 0 Å². The molecule has 3 nitrogen and oxygen atoms in total. The van der Waals surface area contributed by atoms with E-state index in [1.807, 2.05) is 6.07 Å². The molecule has 100 valence electrons. The standard InChI is InChI=1S/C15H17BrN2O/c1-15(2,3)17-8-13-12-7-9-6-10(16)4-5-11(9)14(12)19-18-13/h4-6,17H,7-8H2,1-3H3.